The van der Waals surface area contributed by atoms with Gasteiger partial charge in [-0.15, -0.1) is 0 Å². The lowest BCUT2D eigenvalue weighted by atomic mass is 10.3. The van der Waals surface area contributed by atoms with Crippen molar-refractivity contribution in [1.82, 2.24) is 0 Å². The molecule has 0 aliphatic carbocycles. The molecular weight excluding hydrogens is 259 g/mol. The summed E-state index contributed by atoms with van der Waals surface area (Å²) in [7, 11) is 0. The Balaban J connectivity index is 2.67. The fourth-order valence-electron chi connectivity index (χ4n) is 1.06. The Morgan fingerprint density at radius 1 is 1.25 bits per heavy atom. The van der Waals surface area contributed by atoms with Crippen molar-refractivity contribution in [3.63, 3.8) is 0 Å². The molecule has 0 N–H and O–H groups in total. The zero-order valence-corrected chi connectivity index (χ0v) is 12.1. The topological polar surface area (TPSA) is 18.5 Å². The van der Waals surface area contributed by atoms with Gasteiger partial charge in [0.15, 0.2) is 0 Å². The normalized spacial score (nSPS) is 14.4. The molecule has 16 heavy (non-hydrogen) atoms. The Morgan fingerprint density at radius 2 is 1.94 bits per heavy atom. The number of hydrogen-bond donors (Lipinski definition) is 0. The molecule has 1 aromatic carbocycles. The molecule has 90 valence electrons. The summed E-state index contributed by atoms with van der Waals surface area (Å²) in [5.74, 6) is 1.77. The number of rotatable bonds is 7. The molecule has 0 bridgehead atoms. The Morgan fingerprint density at radius 3 is 2.50 bits per heavy atom. The highest BCUT2D eigenvalue weighted by Gasteiger charge is 2.20. The van der Waals surface area contributed by atoms with Crippen LogP contribution in [-0.4, -0.2) is 12.4 Å². The summed E-state index contributed by atoms with van der Waals surface area (Å²) in [5, 5.41) is 0. The maximum absolute atomic E-state index is 5.81. The first-order valence-electron chi connectivity index (χ1n) is 5.34. The zero-order valence-electron chi connectivity index (χ0n) is 9.59. The van der Waals surface area contributed by atoms with E-state index in [0.29, 0.717) is 6.61 Å². The van der Waals surface area contributed by atoms with E-state index in [2.05, 4.69) is 6.92 Å². The standard InChI is InChI=1S/C11H17O2PS2/c1-3-10-16-14(15,12-4-2)13-11-8-6-5-7-9-11/h5-9H,3-4,10H2,1-2H3. The van der Waals surface area contributed by atoms with Crippen LogP contribution in [0.1, 0.15) is 20.3 Å². The van der Waals surface area contributed by atoms with Crippen molar-refractivity contribution in [2.45, 2.75) is 20.3 Å². The molecule has 0 fully saturated rings. The van der Waals surface area contributed by atoms with Crippen LogP contribution in [0.3, 0.4) is 0 Å². The van der Waals surface area contributed by atoms with Crippen LogP contribution in [0.25, 0.3) is 0 Å². The Bertz CT molecular complexity index is 343. The molecule has 0 saturated carbocycles. The van der Waals surface area contributed by atoms with Crippen molar-refractivity contribution in [2.24, 2.45) is 0 Å². The lowest BCUT2D eigenvalue weighted by Crippen LogP contribution is -1.95. The monoisotopic (exact) mass is 276 g/mol. The van der Waals surface area contributed by atoms with Gasteiger partial charge in [-0.2, -0.15) is 0 Å². The van der Waals surface area contributed by atoms with E-state index in [1.165, 1.54) is 0 Å². The van der Waals surface area contributed by atoms with E-state index in [0.717, 1.165) is 17.9 Å². The van der Waals surface area contributed by atoms with E-state index >= 15 is 0 Å². The highest BCUT2D eigenvalue weighted by Crippen LogP contribution is 2.60. The summed E-state index contributed by atoms with van der Waals surface area (Å²) in [6.45, 7) is 4.67. The molecule has 2 nitrogen and oxygen atoms in total. The largest absolute Gasteiger partial charge is 0.436 e. The third-order valence-corrected chi connectivity index (χ3v) is 7.14. The molecule has 0 aliphatic rings. The minimum Gasteiger partial charge on any atom is -0.436 e. The van der Waals surface area contributed by atoms with E-state index < -0.39 is 5.69 Å². The maximum atomic E-state index is 5.81. The molecule has 0 heterocycles. The van der Waals surface area contributed by atoms with Gasteiger partial charge >= 0.3 is 0 Å². The molecule has 0 saturated heterocycles. The van der Waals surface area contributed by atoms with E-state index in [4.69, 9.17) is 20.9 Å². The lowest BCUT2D eigenvalue weighted by molar-refractivity contribution is 0.344. The molecule has 0 amide bonds. The first kappa shape index (κ1) is 14.0. The van der Waals surface area contributed by atoms with Gasteiger partial charge in [-0.1, -0.05) is 36.5 Å². The minimum atomic E-state index is -2.21. The second kappa shape index (κ2) is 7.33. The number of benzene rings is 1. The average molecular weight is 276 g/mol. The predicted molar refractivity (Wildman–Crippen MR) is 75.7 cm³/mol. The summed E-state index contributed by atoms with van der Waals surface area (Å²) in [4.78, 5) is 0. The third kappa shape index (κ3) is 4.88. The van der Waals surface area contributed by atoms with Gasteiger partial charge in [0.25, 0.3) is 5.69 Å². The summed E-state index contributed by atoms with van der Waals surface area (Å²) in [5.41, 5.74) is -2.21. The molecule has 0 spiro atoms. The van der Waals surface area contributed by atoms with Crippen LogP contribution in [0, 0.1) is 0 Å². The number of hydrogen-bond acceptors (Lipinski definition) is 4. The zero-order chi connectivity index (χ0) is 11.9. The van der Waals surface area contributed by atoms with Crippen molar-refractivity contribution < 1.29 is 9.05 Å². The fraction of sp³-hybridized carbons (Fsp3) is 0.455. The summed E-state index contributed by atoms with van der Waals surface area (Å²) >= 11 is 7.10. The molecule has 0 aromatic heterocycles. The van der Waals surface area contributed by atoms with Gasteiger partial charge < -0.3 is 9.05 Å². The molecule has 1 unspecified atom stereocenters. The molecule has 1 atom stereocenters. The molecule has 0 aliphatic heterocycles. The Labute approximate surface area is 107 Å². The molecule has 0 radical (unpaired) electrons. The van der Waals surface area contributed by atoms with Crippen molar-refractivity contribution >= 4 is 28.9 Å². The summed E-state index contributed by atoms with van der Waals surface area (Å²) < 4.78 is 11.4. The lowest BCUT2D eigenvalue weighted by Gasteiger charge is -2.21. The van der Waals surface area contributed by atoms with Gasteiger partial charge in [0.1, 0.15) is 5.75 Å². The first-order valence-corrected chi connectivity index (χ1v) is 9.57. The van der Waals surface area contributed by atoms with Crippen LogP contribution in [0.5, 0.6) is 5.75 Å². The van der Waals surface area contributed by atoms with Crippen LogP contribution >= 0.6 is 17.1 Å². The molecular formula is C11H17O2PS2. The molecule has 1 rings (SSSR count). The second-order valence-corrected chi connectivity index (χ2v) is 9.46. The fourth-order valence-corrected chi connectivity index (χ4v) is 5.76. The van der Waals surface area contributed by atoms with Crippen LogP contribution in [0.15, 0.2) is 30.3 Å². The summed E-state index contributed by atoms with van der Waals surface area (Å²) in [6.07, 6.45) is 1.08. The van der Waals surface area contributed by atoms with Gasteiger partial charge in [-0.05, 0) is 37.3 Å². The smallest absolute Gasteiger partial charge is 0.297 e. The van der Waals surface area contributed by atoms with Gasteiger partial charge in [0.2, 0.25) is 0 Å². The van der Waals surface area contributed by atoms with Gasteiger partial charge in [-0.25, -0.2) is 0 Å². The first-order chi connectivity index (χ1) is 7.70. The van der Waals surface area contributed by atoms with E-state index in [1.54, 1.807) is 11.4 Å². The summed E-state index contributed by atoms with van der Waals surface area (Å²) in [6, 6.07) is 9.65. The van der Waals surface area contributed by atoms with Crippen LogP contribution < -0.4 is 4.52 Å². The Hall–Kier alpha value is -0.0200. The van der Waals surface area contributed by atoms with Crippen molar-refractivity contribution in [3.8, 4) is 5.75 Å². The third-order valence-electron chi connectivity index (χ3n) is 1.70. The quantitative estimate of drug-likeness (QED) is 0.684. The van der Waals surface area contributed by atoms with Crippen LogP contribution in [0.4, 0.5) is 0 Å². The van der Waals surface area contributed by atoms with E-state index in [-0.39, 0.29) is 0 Å². The SMILES string of the molecule is CCCSP(=S)(OCC)Oc1ccccc1. The average Bonchev–Trinajstić information content (AvgIpc) is 2.28. The van der Waals surface area contributed by atoms with Gasteiger partial charge in [0, 0.05) is 5.75 Å². The van der Waals surface area contributed by atoms with Crippen LogP contribution in [0.2, 0.25) is 0 Å². The van der Waals surface area contributed by atoms with E-state index in [9.17, 15) is 0 Å². The highest BCUT2D eigenvalue weighted by atomic mass is 32.9. The highest BCUT2D eigenvalue weighted by molar-refractivity contribution is 8.68. The van der Waals surface area contributed by atoms with Crippen LogP contribution in [-0.2, 0) is 16.3 Å². The van der Waals surface area contributed by atoms with Gasteiger partial charge in [0.05, 0.1) is 6.61 Å². The Kier molecular flexibility index (Phi) is 6.44. The maximum Gasteiger partial charge on any atom is 0.297 e. The predicted octanol–water partition coefficient (Wildman–Crippen LogP) is 4.47. The molecule has 5 heteroatoms. The van der Waals surface area contributed by atoms with Crippen molar-refractivity contribution in [1.29, 1.82) is 0 Å². The van der Waals surface area contributed by atoms with Crippen molar-refractivity contribution in [3.05, 3.63) is 30.3 Å². The van der Waals surface area contributed by atoms with Gasteiger partial charge in [-0.3, -0.25) is 0 Å². The number of para-hydroxylation sites is 1. The molecule has 1 aromatic rings. The second-order valence-electron chi connectivity index (χ2n) is 3.10. The van der Waals surface area contributed by atoms with E-state index in [1.807, 2.05) is 37.3 Å². The minimum absolute atomic E-state index is 0.598. The van der Waals surface area contributed by atoms with Crippen molar-refractivity contribution in [2.75, 3.05) is 12.4 Å².